The van der Waals surface area contributed by atoms with Crippen LogP contribution in [0.2, 0.25) is 0 Å². The maximum Gasteiger partial charge on any atom is 0.338 e. The summed E-state index contributed by atoms with van der Waals surface area (Å²) in [6.45, 7) is 1.98. The molecule has 142 valence electrons. The van der Waals surface area contributed by atoms with Crippen molar-refractivity contribution in [3.63, 3.8) is 0 Å². The van der Waals surface area contributed by atoms with Gasteiger partial charge in [-0.15, -0.1) is 0 Å². The van der Waals surface area contributed by atoms with Crippen molar-refractivity contribution in [2.75, 3.05) is 12.4 Å². The van der Waals surface area contributed by atoms with Crippen molar-refractivity contribution in [3.8, 4) is 0 Å². The minimum absolute atomic E-state index is 0.0957. The molecule has 0 fully saturated rings. The van der Waals surface area contributed by atoms with Gasteiger partial charge < -0.3 is 10.1 Å². The van der Waals surface area contributed by atoms with Gasteiger partial charge in [-0.05, 0) is 36.2 Å². The number of carbonyl (C=O) groups is 2. The summed E-state index contributed by atoms with van der Waals surface area (Å²) in [5.74, 6) is -0.963. The number of ether oxygens (including phenoxy) is 1. The van der Waals surface area contributed by atoms with E-state index in [0.717, 1.165) is 5.56 Å². The number of aromatic nitrogens is 2. The van der Waals surface area contributed by atoms with Crippen molar-refractivity contribution in [3.05, 3.63) is 93.4 Å². The van der Waals surface area contributed by atoms with Crippen molar-refractivity contribution < 1.29 is 14.3 Å². The average molecular weight is 377 g/mol. The van der Waals surface area contributed by atoms with Crippen LogP contribution in [0.5, 0.6) is 0 Å². The Morgan fingerprint density at radius 2 is 1.79 bits per heavy atom. The van der Waals surface area contributed by atoms with Gasteiger partial charge >= 0.3 is 5.97 Å². The summed E-state index contributed by atoms with van der Waals surface area (Å²) in [4.78, 5) is 36.5. The van der Waals surface area contributed by atoms with E-state index >= 15 is 0 Å². The Hall–Kier alpha value is -3.74. The van der Waals surface area contributed by atoms with Crippen LogP contribution in [0.4, 0.5) is 5.69 Å². The van der Waals surface area contributed by atoms with Gasteiger partial charge in [0.25, 0.3) is 11.5 Å². The Balaban J connectivity index is 1.85. The highest BCUT2D eigenvalue weighted by atomic mass is 16.5. The summed E-state index contributed by atoms with van der Waals surface area (Å²) in [6, 6.07) is 17.0. The highest BCUT2D eigenvalue weighted by molar-refractivity contribution is 6.04. The molecule has 28 heavy (non-hydrogen) atoms. The lowest BCUT2D eigenvalue weighted by atomic mass is 10.1. The molecule has 1 aromatic heterocycles. The second-order valence-corrected chi connectivity index (χ2v) is 6.12. The Kier molecular flexibility index (Phi) is 5.64. The van der Waals surface area contributed by atoms with Gasteiger partial charge in [-0.25, -0.2) is 9.48 Å². The maximum absolute atomic E-state index is 12.6. The van der Waals surface area contributed by atoms with Gasteiger partial charge in [0.15, 0.2) is 0 Å². The predicted molar refractivity (Wildman–Crippen MR) is 105 cm³/mol. The third-order valence-corrected chi connectivity index (χ3v) is 4.26. The molecule has 0 radical (unpaired) electrons. The second kappa shape index (κ2) is 8.30. The summed E-state index contributed by atoms with van der Waals surface area (Å²) in [7, 11) is 1.30. The zero-order chi connectivity index (χ0) is 20.1. The molecule has 7 nitrogen and oxygen atoms in total. The number of hydrogen-bond donors (Lipinski definition) is 1. The van der Waals surface area contributed by atoms with Gasteiger partial charge in [0.05, 0.1) is 19.2 Å². The third kappa shape index (κ3) is 4.15. The SMILES string of the molecule is COC(=O)c1cccc(NC(=O)c2ccc(=O)n(Cc3ccccc3)n2)c1C. The van der Waals surface area contributed by atoms with E-state index < -0.39 is 11.9 Å². The number of rotatable bonds is 5. The molecule has 0 aliphatic carbocycles. The van der Waals surface area contributed by atoms with Crippen LogP contribution < -0.4 is 10.9 Å². The highest BCUT2D eigenvalue weighted by Crippen LogP contribution is 2.20. The van der Waals surface area contributed by atoms with Crippen molar-refractivity contribution in [1.82, 2.24) is 9.78 Å². The molecular formula is C21H19N3O4. The van der Waals surface area contributed by atoms with E-state index in [1.807, 2.05) is 30.3 Å². The smallest absolute Gasteiger partial charge is 0.338 e. The van der Waals surface area contributed by atoms with Gasteiger partial charge in [0.1, 0.15) is 5.69 Å². The van der Waals surface area contributed by atoms with Crippen molar-refractivity contribution in [2.45, 2.75) is 13.5 Å². The molecule has 0 spiro atoms. The zero-order valence-corrected chi connectivity index (χ0v) is 15.5. The summed E-state index contributed by atoms with van der Waals surface area (Å²) < 4.78 is 5.98. The van der Waals surface area contributed by atoms with Crippen molar-refractivity contribution >= 4 is 17.6 Å². The molecule has 3 rings (SSSR count). The minimum Gasteiger partial charge on any atom is -0.465 e. The molecular weight excluding hydrogens is 358 g/mol. The van der Waals surface area contributed by atoms with Crippen LogP contribution in [0.1, 0.15) is 32.0 Å². The molecule has 3 aromatic rings. The molecule has 0 atom stereocenters. The number of esters is 1. The summed E-state index contributed by atoms with van der Waals surface area (Å²) in [6.07, 6.45) is 0. The first-order valence-electron chi connectivity index (χ1n) is 8.61. The van der Waals surface area contributed by atoms with Gasteiger partial charge in [0, 0.05) is 11.8 Å². The molecule has 1 heterocycles. The quantitative estimate of drug-likeness (QED) is 0.691. The van der Waals surface area contributed by atoms with Gasteiger partial charge in [-0.3, -0.25) is 9.59 Å². The average Bonchev–Trinajstić information content (AvgIpc) is 2.71. The van der Waals surface area contributed by atoms with Crippen LogP contribution in [-0.2, 0) is 11.3 Å². The lowest BCUT2D eigenvalue weighted by molar-refractivity contribution is 0.0599. The number of nitrogens with zero attached hydrogens (tertiary/aromatic N) is 2. The predicted octanol–water partition coefficient (Wildman–Crippen LogP) is 2.64. The molecule has 2 aromatic carbocycles. The molecule has 7 heteroatoms. The van der Waals surface area contributed by atoms with Crippen LogP contribution in [0, 0.1) is 6.92 Å². The fraction of sp³-hybridized carbons (Fsp3) is 0.143. The normalized spacial score (nSPS) is 10.4. The first-order chi connectivity index (χ1) is 13.5. The fourth-order valence-corrected chi connectivity index (χ4v) is 2.73. The topological polar surface area (TPSA) is 90.3 Å². The molecule has 0 aliphatic rings. The standard InChI is InChI=1S/C21H19N3O4/c1-14-16(21(27)28-2)9-6-10-17(14)22-20(26)18-11-12-19(25)24(23-18)13-15-7-4-3-5-8-15/h3-12H,13H2,1-2H3,(H,22,26). The molecule has 0 unspecified atom stereocenters. The van der Waals surface area contributed by atoms with Crippen molar-refractivity contribution in [2.24, 2.45) is 0 Å². The van der Waals surface area contributed by atoms with Gasteiger partial charge in [-0.2, -0.15) is 5.10 Å². The van der Waals surface area contributed by atoms with Crippen LogP contribution in [-0.4, -0.2) is 28.8 Å². The minimum atomic E-state index is -0.483. The monoisotopic (exact) mass is 377 g/mol. The Labute approximate surface area is 161 Å². The fourth-order valence-electron chi connectivity index (χ4n) is 2.73. The number of methoxy groups -OCH3 is 1. The molecule has 1 amide bonds. The van der Waals surface area contributed by atoms with E-state index in [-0.39, 0.29) is 17.8 Å². The van der Waals surface area contributed by atoms with Gasteiger partial charge in [-0.1, -0.05) is 36.4 Å². The number of benzene rings is 2. The van der Waals surface area contributed by atoms with Crippen molar-refractivity contribution in [1.29, 1.82) is 0 Å². The Bertz CT molecular complexity index is 1070. The first-order valence-corrected chi connectivity index (χ1v) is 8.61. The van der Waals surface area contributed by atoms with Crippen LogP contribution in [0.25, 0.3) is 0 Å². The first kappa shape index (κ1) is 19.0. The van der Waals surface area contributed by atoms with Crippen LogP contribution in [0.15, 0.2) is 65.5 Å². The maximum atomic E-state index is 12.6. The lowest BCUT2D eigenvalue weighted by Gasteiger charge is -2.12. The number of anilines is 1. The van der Waals surface area contributed by atoms with E-state index in [0.29, 0.717) is 16.8 Å². The van der Waals surface area contributed by atoms with Crippen LogP contribution >= 0.6 is 0 Å². The molecule has 0 aliphatic heterocycles. The largest absolute Gasteiger partial charge is 0.465 e. The number of hydrogen-bond acceptors (Lipinski definition) is 5. The van der Waals surface area contributed by atoms with E-state index in [2.05, 4.69) is 10.4 Å². The van der Waals surface area contributed by atoms with E-state index in [9.17, 15) is 14.4 Å². The Morgan fingerprint density at radius 1 is 1.04 bits per heavy atom. The third-order valence-electron chi connectivity index (χ3n) is 4.26. The summed E-state index contributed by atoms with van der Waals surface area (Å²) >= 11 is 0. The van der Waals surface area contributed by atoms with E-state index in [1.54, 1.807) is 25.1 Å². The lowest BCUT2D eigenvalue weighted by Crippen LogP contribution is -2.26. The number of carbonyl (C=O) groups excluding carboxylic acids is 2. The van der Waals surface area contributed by atoms with Gasteiger partial charge in [0.2, 0.25) is 0 Å². The molecule has 1 N–H and O–H groups in total. The summed E-state index contributed by atoms with van der Waals surface area (Å²) in [5, 5.41) is 6.90. The summed E-state index contributed by atoms with van der Waals surface area (Å²) in [5.41, 5.74) is 2.11. The van der Waals surface area contributed by atoms with E-state index in [4.69, 9.17) is 4.74 Å². The zero-order valence-electron chi connectivity index (χ0n) is 15.5. The molecule has 0 saturated heterocycles. The second-order valence-electron chi connectivity index (χ2n) is 6.12. The highest BCUT2D eigenvalue weighted by Gasteiger charge is 2.15. The molecule has 0 saturated carbocycles. The number of amides is 1. The van der Waals surface area contributed by atoms with Crippen LogP contribution in [0.3, 0.4) is 0 Å². The Morgan fingerprint density at radius 3 is 2.50 bits per heavy atom. The van der Waals surface area contributed by atoms with E-state index in [1.165, 1.54) is 23.9 Å². The number of nitrogens with one attached hydrogen (secondary N) is 1. The molecule has 0 bridgehead atoms.